The number of nitrogens with two attached hydrogens (primary N) is 1. The predicted molar refractivity (Wildman–Crippen MR) is 113 cm³/mol. The molecule has 162 valence electrons. The fourth-order valence-corrected chi connectivity index (χ4v) is 4.21. The first-order valence-corrected chi connectivity index (χ1v) is 11.2. The van der Waals surface area contributed by atoms with Gasteiger partial charge in [-0.05, 0) is 39.0 Å². The van der Waals surface area contributed by atoms with Crippen LogP contribution in [0.1, 0.15) is 35.6 Å². The van der Waals surface area contributed by atoms with E-state index in [1.807, 2.05) is 0 Å². The van der Waals surface area contributed by atoms with E-state index >= 15 is 0 Å². The number of hydrogen-bond acceptors (Lipinski definition) is 6. The Morgan fingerprint density at radius 1 is 1.30 bits per heavy atom. The van der Waals surface area contributed by atoms with Crippen LogP contribution in [0.15, 0.2) is 35.6 Å². The van der Waals surface area contributed by atoms with Crippen LogP contribution in [0, 0.1) is 12.7 Å². The fourth-order valence-electron chi connectivity index (χ4n) is 2.93. The summed E-state index contributed by atoms with van der Waals surface area (Å²) in [5, 5.41) is 5.41. The minimum Gasteiger partial charge on any atom is -0.370 e. The number of hydrogen-bond donors (Lipinski definition) is 3. The third-order valence-electron chi connectivity index (χ3n) is 4.12. The van der Waals surface area contributed by atoms with Crippen LogP contribution in [0.4, 0.5) is 10.1 Å². The molecular formula is C19H25FN6O3S. The molecule has 4 N–H and O–H groups in total. The van der Waals surface area contributed by atoms with Gasteiger partial charge in [0, 0.05) is 30.2 Å². The van der Waals surface area contributed by atoms with Gasteiger partial charge in [-0.25, -0.2) is 17.8 Å². The van der Waals surface area contributed by atoms with Crippen molar-refractivity contribution in [1.29, 1.82) is 0 Å². The Morgan fingerprint density at radius 2 is 2.00 bits per heavy atom. The molecule has 1 aromatic heterocycles. The Hall–Kier alpha value is -3.08. The molecule has 1 aromatic carbocycles. The summed E-state index contributed by atoms with van der Waals surface area (Å²) in [6, 6.07) is 3.86. The minimum absolute atomic E-state index is 0.00923. The van der Waals surface area contributed by atoms with Gasteiger partial charge in [0.1, 0.15) is 21.3 Å². The van der Waals surface area contributed by atoms with Gasteiger partial charge < -0.3 is 16.4 Å². The Morgan fingerprint density at radius 3 is 2.57 bits per heavy atom. The quantitative estimate of drug-likeness (QED) is 0.440. The number of benzene rings is 1. The number of nitrogens with zero attached hydrogens (tertiary/aromatic N) is 3. The Bertz CT molecular complexity index is 1060. The lowest BCUT2D eigenvalue weighted by Gasteiger charge is -2.32. The highest BCUT2D eigenvalue weighted by Gasteiger charge is 2.34. The van der Waals surface area contributed by atoms with Gasteiger partial charge in [-0.1, -0.05) is 0 Å². The van der Waals surface area contributed by atoms with Crippen molar-refractivity contribution in [2.75, 3.05) is 23.9 Å². The first kappa shape index (κ1) is 23.2. The van der Waals surface area contributed by atoms with Crippen LogP contribution in [-0.4, -0.2) is 48.8 Å². The van der Waals surface area contributed by atoms with E-state index in [4.69, 9.17) is 5.73 Å². The summed E-state index contributed by atoms with van der Waals surface area (Å²) in [6.07, 6.45) is 3.82. The van der Waals surface area contributed by atoms with Crippen molar-refractivity contribution < 1.29 is 17.6 Å². The first-order chi connectivity index (χ1) is 13.9. The molecule has 9 nitrogen and oxygen atoms in total. The van der Waals surface area contributed by atoms with E-state index in [0.717, 1.165) is 12.3 Å². The Balaban J connectivity index is 2.43. The molecule has 0 aliphatic heterocycles. The number of aryl methyl sites for hydroxylation is 1. The maximum atomic E-state index is 14.7. The molecule has 0 aliphatic carbocycles. The highest BCUT2D eigenvalue weighted by Crippen LogP contribution is 2.28. The van der Waals surface area contributed by atoms with Crippen molar-refractivity contribution in [3.8, 4) is 0 Å². The lowest BCUT2D eigenvalue weighted by molar-refractivity contribution is 0.102. The summed E-state index contributed by atoms with van der Waals surface area (Å²) in [5.74, 6) is -1.67. The predicted octanol–water partition coefficient (Wildman–Crippen LogP) is 1.36. The van der Waals surface area contributed by atoms with Crippen molar-refractivity contribution in [3.05, 3.63) is 53.4 Å². The van der Waals surface area contributed by atoms with Crippen molar-refractivity contribution in [1.82, 2.24) is 15.3 Å². The summed E-state index contributed by atoms with van der Waals surface area (Å²) in [6.45, 7) is 5.36. The van der Waals surface area contributed by atoms with Crippen LogP contribution in [0.3, 0.4) is 0 Å². The molecule has 1 atom stereocenters. The molecule has 0 aliphatic rings. The smallest absolute Gasteiger partial charge is 0.275 e. The van der Waals surface area contributed by atoms with E-state index in [9.17, 15) is 17.6 Å². The van der Waals surface area contributed by atoms with Crippen LogP contribution in [0.2, 0.25) is 0 Å². The van der Waals surface area contributed by atoms with Crippen LogP contribution >= 0.6 is 0 Å². The Labute approximate surface area is 174 Å². The van der Waals surface area contributed by atoms with Crippen molar-refractivity contribution in [2.24, 2.45) is 10.7 Å². The minimum atomic E-state index is -3.54. The monoisotopic (exact) mass is 436 g/mol. The number of aliphatic imine (C=N–C) groups is 1. The molecule has 30 heavy (non-hydrogen) atoms. The van der Waals surface area contributed by atoms with E-state index in [1.54, 1.807) is 13.8 Å². The molecule has 1 unspecified atom stereocenters. The zero-order chi connectivity index (χ0) is 22.5. The lowest BCUT2D eigenvalue weighted by Crippen LogP contribution is -2.51. The summed E-state index contributed by atoms with van der Waals surface area (Å²) in [5.41, 5.74) is 5.40. The van der Waals surface area contributed by atoms with Crippen LogP contribution in [0.25, 0.3) is 0 Å². The molecule has 1 amide bonds. The highest BCUT2D eigenvalue weighted by atomic mass is 32.2. The Kier molecular flexibility index (Phi) is 7.08. The van der Waals surface area contributed by atoms with Crippen molar-refractivity contribution in [2.45, 2.75) is 26.3 Å². The number of halogens is 1. The standard InChI is InChI=1S/C19H25FN6O3S/c1-5-22-18(21)26-19(3,11-30(4,28)29)14-8-13(6-7-15(14)20)25-17(27)16-10-23-12(2)9-24-16/h6-10H,5,11H2,1-4H3,(H,25,27)(H3,21,22,26). The SMILES string of the molecule is CCN=C(N)NC(C)(CS(C)(=O)=O)c1cc(NC(=O)c2cnc(C)cn2)ccc1F. The molecule has 0 saturated heterocycles. The maximum absolute atomic E-state index is 14.7. The third-order valence-corrected chi connectivity index (χ3v) is 5.22. The number of anilines is 1. The van der Waals surface area contributed by atoms with Gasteiger partial charge in [-0.15, -0.1) is 0 Å². The molecule has 0 saturated carbocycles. The fraction of sp³-hybridized carbons (Fsp3) is 0.368. The average Bonchev–Trinajstić information content (AvgIpc) is 2.62. The van der Waals surface area contributed by atoms with Gasteiger partial charge in [0.25, 0.3) is 5.91 Å². The highest BCUT2D eigenvalue weighted by molar-refractivity contribution is 7.90. The average molecular weight is 437 g/mol. The topological polar surface area (TPSA) is 139 Å². The van der Waals surface area contributed by atoms with E-state index in [0.29, 0.717) is 12.2 Å². The number of aromatic nitrogens is 2. The van der Waals surface area contributed by atoms with E-state index in [2.05, 4.69) is 25.6 Å². The molecule has 2 aromatic rings. The van der Waals surface area contributed by atoms with Gasteiger partial charge >= 0.3 is 0 Å². The van der Waals surface area contributed by atoms with Crippen molar-refractivity contribution in [3.63, 3.8) is 0 Å². The van der Waals surface area contributed by atoms with Gasteiger partial charge in [0.05, 0.1) is 23.2 Å². The summed E-state index contributed by atoms with van der Waals surface area (Å²) in [4.78, 5) is 24.4. The summed E-state index contributed by atoms with van der Waals surface area (Å²) >= 11 is 0. The molecule has 11 heteroatoms. The van der Waals surface area contributed by atoms with Gasteiger partial charge in [-0.2, -0.15) is 0 Å². The molecule has 1 heterocycles. The molecule has 0 radical (unpaired) electrons. The van der Waals surface area contributed by atoms with Crippen LogP contribution in [0.5, 0.6) is 0 Å². The third kappa shape index (κ3) is 6.21. The number of nitrogens with one attached hydrogen (secondary N) is 2. The molecule has 2 rings (SSSR count). The maximum Gasteiger partial charge on any atom is 0.275 e. The lowest BCUT2D eigenvalue weighted by atomic mass is 9.93. The number of carbonyl (C=O) groups is 1. The van der Waals surface area contributed by atoms with Crippen LogP contribution < -0.4 is 16.4 Å². The van der Waals surface area contributed by atoms with E-state index in [-0.39, 0.29) is 22.9 Å². The van der Waals surface area contributed by atoms with E-state index in [1.165, 1.54) is 31.5 Å². The molecule has 0 fully saturated rings. The number of amides is 1. The molecule has 0 spiro atoms. The number of sulfone groups is 1. The zero-order valence-corrected chi connectivity index (χ0v) is 18.0. The number of guanidine groups is 1. The largest absolute Gasteiger partial charge is 0.370 e. The second-order valence-corrected chi connectivity index (χ2v) is 9.22. The first-order valence-electron chi connectivity index (χ1n) is 9.09. The molecule has 0 bridgehead atoms. The van der Waals surface area contributed by atoms with Gasteiger partial charge in [0.15, 0.2) is 5.96 Å². The molecular weight excluding hydrogens is 411 g/mol. The van der Waals surface area contributed by atoms with Gasteiger partial charge in [0.2, 0.25) is 0 Å². The second-order valence-electron chi connectivity index (χ2n) is 7.08. The zero-order valence-electron chi connectivity index (χ0n) is 17.2. The number of rotatable bonds is 7. The van der Waals surface area contributed by atoms with Gasteiger partial charge in [-0.3, -0.25) is 14.8 Å². The normalized spacial score (nSPS) is 14.1. The number of carbonyl (C=O) groups excluding carboxylic acids is 1. The van der Waals surface area contributed by atoms with E-state index < -0.39 is 32.9 Å². The second kappa shape index (κ2) is 9.16. The summed E-state index contributed by atoms with van der Waals surface area (Å²) < 4.78 is 38.8. The van der Waals surface area contributed by atoms with Crippen molar-refractivity contribution >= 4 is 27.4 Å². The summed E-state index contributed by atoms with van der Waals surface area (Å²) in [7, 11) is -3.54. The van der Waals surface area contributed by atoms with Crippen LogP contribution in [-0.2, 0) is 15.4 Å².